The Balaban J connectivity index is 2.83. The first kappa shape index (κ1) is 14.8. The van der Waals surface area contributed by atoms with Gasteiger partial charge in [-0.2, -0.15) is 0 Å². The third-order valence-corrected chi connectivity index (χ3v) is 2.66. The van der Waals surface area contributed by atoms with Crippen molar-refractivity contribution < 1.29 is 19.1 Å². The first-order valence-corrected chi connectivity index (χ1v) is 5.99. The van der Waals surface area contributed by atoms with Gasteiger partial charge in [-0.3, -0.25) is 14.4 Å². The third kappa shape index (κ3) is 4.17. The molecule has 1 aromatic carbocycles. The van der Waals surface area contributed by atoms with E-state index in [1.165, 1.54) is 0 Å². The van der Waals surface area contributed by atoms with Crippen molar-refractivity contribution >= 4 is 18.0 Å². The Morgan fingerprint density at radius 1 is 1.32 bits per heavy atom. The summed E-state index contributed by atoms with van der Waals surface area (Å²) in [5.41, 5.74) is 0.554. The van der Waals surface area contributed by atoms with Crippen molar-refractivity contribution in [2.45, 2.75) is 13.3 Å². The first-order chi connectivity index (χ1) is 9.10. The van der Waals surface area contributed by atoms with Gasteiger partial charge in [0.15, 0.2) is 5.78 Å². The summed E-state index contributed by atoms with van der Waals surface area (Å²) in [6, 6.07) is 8.59. The zero-order valence-corrected chi connectivity index (χ0v) is 10.8. The number of hydrogen-bond acceptors (Lipinski definition) is 4. The van der Waals surface area contributed by atoms with E-state index in [2.05, 4.69) is 6.58 Å². The Hall–Kier alpha value is -2.23. The number of rotatable bonds is 7. The Kier molecular flexibility index (Phi) is 5.67. The molecule has 0 aromatic heterocycles. The molecule has 19 heavy (non-hydrogen) atoms. The fourth-order valence-corrected chi connectivity index (χ4v) is 1.62. The highest BCUT2D eigenvalue weighted by Crippen LogP contribution is 2.17. The van der Waals surface area contributed by atoms with E-state index in [9.17, 15) is 14.4 Å². The topological polar surface area (TPSA) is 60.4 Å². The number of aldehydes is 1. The van der Waals surface area contributed by atoms with Crippen LogP contribution in [0.2, 0.25) is 0 Å². The summed E-state index contributed by atoms with van der Waals surface area (Å²) >= 11 is 0. The SMILES string of the molecule is C=C(C=O)C(CC(=O)c1ccccc1)C(=O)OCC. The van der Waals surface area contributed by atoms with Crippen LogP contribution in [-0.4, -0.2) is 24.6 Å². The van der Waals surface area contributed by atoms with Crippen molar-refractivity contribution in [3.8, 4) is 0 Å². The minimum Gasteiger partial charge on any atom is -0.466 e. The third-order valence-electron chi connectivity index (χ3n) is 2.66. The molecule has 1 aromatic rings. The number of carbonyl (C=O) groups excluding carboxylic acids is 3. The van der Waals surface area contributed by atoms with Gasteiger partial charge in [0.1, 0.15) is 6.29 Å². The Bertz CT molecular complexity index is 476. The number of ketones is 1. The molecular formula is C15H16O4. The summed E-state index contributed by atoms with van der Waals surface area (Å²) in [5, 5.41) is 0. The molecule has 0 aliphatic rings. The van der Waals surface area contributed by atoms with Gasteiger partial charge in [0.25, 0.3) is 0 Å². The van der Waals surface area contributed by atoms with Gasteiger partial charge in [0.2, 0.25) is 0 Å². The van der Waals surface area contributed by atoms with Crippen LogP contribution in [0.3, 0.4) is 0 Å². The second-order valence-corrected chi connectivity index (χ2v) is 3.99. The molecule has 100 valence electrons. The molecule has 4 heteroatoms. The van der Waals surface area contributed by atoms with Crippen molar-refractivity contribution in [3.63, 3.8) is 0 Å². The molecule has 0 heterocycles. The molecule has 1 unspecified atom stereocenters. The number of ether oxygens (including phenoxy) is 1. The summed E-state index contributed by atoms with van der Waals surface area (Å²) in [5.74, 6) is -1.73. The van der Waals surface area contributed by atoms with E-state index < -0.39 is 11.9 Å². The minimum absolute atomic E-state index is 0.0581. The number of Topliss-reactive ketones (excluding diaryl/α,β-unsaturated/α-hetero) is 1. The minimum atomic E-state index is -0.912. The smallest absolute Gasteiger partial charge is 0.313 e. The summed E-state index contributed by atoms with van der Waals surface area (Å²) < 4.78 is 4.85. The monoisotopic (exact) mass is 260 g/mol. The fourth-order valence-electron chi connectivity index (χ4n) is 1.62. The molecule has 0 aliphatic carbocycles. The lowest BCUT2D eigenvalue weighted by molar-refractivity contribution is -0.147. The van der Waals surface area contributed by atoms with Crippen molar-refractivity contribution in [2.24, 2.45) is 5.92 Å². The van der Waals surface area contributed by atoms with E-state index >= 15 is 0 Å². The van der Waals surface area contributed by atoms with Crippen LogP contribution < -0.4 is 0 Å². The van der Waals surface area contributed by atoms with E-state index in [4.69, 9.17) is 4.74 Å². The standard InChI is InChI=1S/C15H16O4/c1-3-19-15(18)13(11(2)10-16)9-14(17)12-7-5-4-6-8-12/h4-8,10,13H,2-3,9H2,1H3. The summed E-state index contributed by atoms with van der Waals surface area (Å²) in [6.07, 6.45) is 0.375. The predicted octanol–water partition coefficient (Wildman–Crippen LogP) is 2.19. The lowest BCUT2D eigenvalue weighted by Crippen LogP contribution is -2.23. The number of benzene rings is 1. The van der Waals surface area contributed by atoms with Crippen LogP contribution in [0.25, 0.3) is 0 Å². The molecule has 0 bridgehead atoms. The van der Waals surface area contributed by atoms with E-state index in [-0.39, 0.29) is 24.4 Å². The molecule has 0 aliphatic heterocycles. The van der Waals surface area contributed by atoms with Crippen LogP contribution in [0.1, 0.15) is 23.7 Å². The number of carbonyl (C=O) groups is 3. The van der Waals surface area contributed by atoms with Crippen molar-refractivity contribution in [3.05, 3.63) is 48.0 Å². The van der Waals surface area contributed by atoms with Crippen LogP contribution in [0, 0.1) is 5.92 Å². The molecular weight excluding hydrogens is 244 g/mol. The molecule has 0 saturated heterocycles. The fraction of sp³-hybridized carbons (Fsp3) is 0.267. The van der Waals surface area contributed by atoms with Gasteiger partial charge in [-0.05, 0) is 12.5 Å². The van der Waals surface area contributed by atoms with Crippen molar-refractivity contribution in [2.75, 3.05) is 6.61 Å². The Morgan fingerprint density at radius 2 is 1.95 bits per heavy atom. The quantitative estimate of drug-likeness (QED) is 0.326. The van der Waals surface area contributed by atoms with E-state index in [1.807, 2.05) is 0 Å². The van der Waals surface area contributed by atoms with Gasteiger partial charge in [-0.1, -0.05) is 36.9 Å². The highest BCUT2D eigenvalue weighted by atomic mass is 16.5. The molecule has 1 atom stereocenters. The van der Waals surface area contributed by atoms with Gasteiger partial charge in [0.05, 0.1) is 12.5 Å². The van der Waals surface area contributed by atoms with Crippen molar-refractivity contribution in [1.82, 2.24) is 0 Å². The van der Waals surface area contributed by atoms with Gasteiger partial charge < -0.3 is 4.74 Å². The molecule has 0 fully saturated rings. The molecule has 0 spiro atoms. The Labute approximate surface area is 112 Å². The van der Waals surface area contributed by atoms with Crippen molar-refractivity contribution in [1.29, 1.82) is 0 Å². The van der Waals surface area contributed by atoms with Gasteiger partial charge in [-0.25, -0.2) is 0 Å². The highest BCUT2D eigenvalue weighted by molar-refractivity contribution is 6.00. The van der Waals surface area contributed by atoms with E-state index in [0.717, 1.165) is 0 Å². The Morgan fingerprint density at radius 3 is 2.47 bits per heavy atom. The van der Waals surface area contributed by atoms with Gasteiger partial charge in [-0.15, -0.1) is 0 Å². The van der Waals surface area contributed by atoms with Crippen LogP contribution in [0.15, 0.2) is 42.5 Å². The molecule has 0 radical (unpaired) electrons. The summed E-state index contributed by atoms with van der Waals surface area (Å²) in [4.78, 5) is 34.5. The van der Waals surface area contributed by atoms with Gasteiger partial charge in [0, 0.05) is 12.0 Å². The molecule has 0 amide bonds. The molecule has 1 rings (SSSR count). The average molecular weight is 260 g/mol. The molecule has 4 nitrogen and oxygen atoms in total. The zero-order chi connectivity index (χ0) is 14.3. The maximum atomic E-state index is 12.0. The maximum absolute atomic E-state index is 12.0. The summed E-state index contributed by atoms with van der Waals surface area (Å²) in [7, 11) is 0. The maximum Gasteiger partial charge on any atom is 0.313 e. The van der Waals surface area contributed by atoms with Crippen LogP contribution in [0.5, 0.6) is 0 Å². The van der Waals surface area contributed by atoms with E-state index in [1.54, 1.807) is 37.3 Å². The normalized spacial score (nSPS) is 11.4. The van der Waals surface area contributed by atoms with Crippen LogP contribution in [-0.2, 0) is 14.3 Å². The summed E-state index contributed by atoms with van der Waals surface area (Å²) in [6.45, 7) is 5.36. The van der Waals surface area contributed by atoms with E-state index in [0.29, 0.717) is 11.8 Å². The predicted molar refractivity (Wildman–Crippen MR) is 70.7 cm³/mol. The number of hydrogen-bond donors (Lipinski definition) is 0. The molecule has 0 saturated carbocycles. The lowest BCUT2D eigenvalue weighted by atomic mass is 9.93. The largest absolute Gasteiger partial charge is 0.466 e. The lowest BCUT2D eigenvalue weighted by Gasteiger charge is -2.13. The second kappa shape index (κ2) is 7.26. The van der Waals surface area contributed by atoms with Gasteiger partial charge >= 0.3 is 5.97 Å². The second-order valence-electron chi connectivity index (χ2n) is 3.99. The zero-order valence-electron chi connectivity index (χ0n) is 10.8. The number of esters is 1. The molecule has 0 N–H and O–H groups in total. The average Bonchev–Trinajstić information content (AvgIpc) is 2.44. The first-order valence-electron chi connectivity index (χ1n) is 5.99. The highest BCUT2D eigenvalue weighted by Gasteiger charge is 2.26. The van der Waals surface area contributed by atoms with Crippen LogP contribution in [0.4, 0.5) is 0 Å². The van der Waals surface area contributed by atoms with Crippen LogP contribution >= 0.6 is 0 Å².